The minimum atomic E-state index is -0.942. The Bertz CT molecular complexity index is 1620. The van der Waals surface area contributed by atoms with E-state index in [0.717, 1.165) is 16.7 Å². The first-order valence-electron chi connectivity index (χ1n) is 13.3. The van der Waals surface area contributed by atoms with Crippen LogP contribution in [0.3, 0.4) is 0 Å². The first-order chi connectivity index (χ1) is 20.8. The highest BCUT2D eigenvalue weighted by Gasteiger charge is 2.25. The van der Waals surface area contributed by atoms with Crippen molar-refractivity contribution in [1.29, 1.82) is 5.26 Å². The van der Waals surface area contributed by atoms with E-state index in [-0.39, 0.29) is 18.1 Å². The number of nitrogens with zero attached hydrogens (tertiary/aromatic N) is 2. The van der Waals surface area contributed by atoms with Gasteiger partial charge in [-0.1, -0.05) is 71.7 Å². The summed E-state index contributed by atoms with van der Waals surface area (Å²) in [5.74, 6) is -0.0816. The van der Waals surface area contributed by atoms with Crippen molar-refractivity contribution < 1.29 is 19.1 Å². The monoisotopic (exact) mass is 614 g/mol. The SMILES string of the molecule is C[C@@H](Oc1ccc(Cl)cc1Cl)C(=O)N[C@@H](Cc1ccccc1)C(=O)N/N=C\c1ccc(OCc2ccccc2C#N)cc1. The van der Waals surface area contributed by atoms with Gasteiger partial charge in [0.15, 0.2) is 6.10 Å². The molecule has 0 bridgehead atoms. The molecule has 0 spiro atoms. The molecule has 2 N–H and O–H groups in total. The van der Waals surface area contributed by atoms with Crippen molar-refractivity contribution in [2.24, 2.45) is 5.10 Å². The molecule has 2 amide bonds. The van der Waals surface area contributed by atoms with Crippen molar-refractivity contribution in [3.63, 3.8) is 0 Å². The topological polar surface area (TPSA) is 113 Å². The maximum Gasteiger partial charge on any atom is 0.262 e. The predicted octanol–water partition coefficient (Wildman–Crippen LogP) is 6.09. The van der Waals surface area contributed by atoms with Crippen LogP contribution in [-0.2, 0) is 22.6 Å². The van der Waals surface area contributed by atoms with Gasteiger partial charge in [-0.2, -0.15) is 10.4 Å². The van der Waals surface area contributed by atoms with Crippen molar-refractivity contribution >= 4 is 41.2 Å². The number of benzene rings is 4. The summed E-state index contributed by atoms with van der Waals surface area (Å²) in [4.78, 5) is 26.1. The molecule has 10 heteroatoms. The molecule has 0 heterocycles. The van der Waals surface area contributed by atoms with Crippen LogP contribution in [0.4, 0.5) is 0 Å². The summed E-state index contributed by atoms with van der Waals surface area (Å²) in [6.07, 6.45) is 0.786. The number of rotatable bonds is 12. The van der Waals surface area contributed by atoms with Crippen LogP contribution in [0.2, 0.25) is 10.0 Å². The number of ether oxygens (including phenoxy) is 2. The fourth-order valence-corrected chi connectivity index (χ4v) is 4.43. The zero-order valence-electron chi connectivity index (χ0n) is 23.2. The largest absolute Gasteiger partial charge is 0.489 e. The summed E-state index contributed by atoms with van der Waals surface area (Å²) in [5.41, 5.74) is 5.45. The average molecular weight is 616 g/mol. The molecule has 4 aromatic carbocycles. The zero-order valence-corrected chi connectivity index (χ0v) is 24.7. The number of hydrazone groups is 1. The molecule has 218 valence electrons. The van der Waals surface area contributed by atoms with E-state index in [4.69, 9.17) is 32.7 Å². The van der Waals surface area contributed by atoms with Gasteiger partial charge in [0.2, 0.25) is 0 Å². The number of carbonyl (C=O) groups is 2. The molecule has 43 heavy (non-hydrogen) atoms. The first-order valence-corrected chi connectivity index (χ1v) is 14.1. The lowest BCUT2D eigenvalue weighted by Gasteiger charge is -2.21. The maximum atomic E-state index is 13.1. The third-order valence-electron chi connectivity index (χ3n) is 6.28. The molecule has 0 unspecified atom stereocenters. The lowest BCUT2D eigenvalue weighted by molar-refractivity contribution is -0.132. The first kappa shape index (κ1) is 31.1. The highest BCUT2D eigenvalue weighted by atomic mass is 35.5. The van der Waals surface area contributed by atoms with E-state index >= 15 is 0 Å². The van der Waals surface area contributed by atoms with Crippen LogP contribution in [0.1, 0.15) is 29.2 Å². The van der Waals surface area contributed by atoms with E-state index in [1.807, 2.05) is 42.5 Å². The number of halogens is 2. The second-order valence-electron chi connectivity index (χ2n) is 9.45. The van der Waals surface area contributed by atoms with Gasteiger partial charge >= 0.3 is 0 Å². The molecular formula is C33H28Cl2N4O4. The molecule has 0 aliphatic carbocycles. The number of nitrogens with one attached hydrogen (secondary N) is 2. The van der Waals surface area contributed by atoms with Crippen LogP contribution in [0.25, 0.3) is 0 Å². The van der Waals surface area contributed by atoms with Crippen molar-refractivity contribution in [3.8, 4) is 17.6 Å². The average Bonchev–Trinajstić information content (AvgIpc) is 3.02. The van der Waals surface area contributed by atoms with E-state index in [2.05, 4.69) is 21.9 Å². The highest BCUT2D eigenvalue weighted by Crippen LogP contribution is 2.28. The number of hydrogen-bond acceptors (Lipinski definition) is 6. The molecule has 0 saturated carbocycles. The Morgan fingerprint density at radius 1 is 0.953 bits per heavy atom. The fraction of sp³-hybridized carbons (Fsp3) is 0.152. The second-order valence-corrected chi connectivity index (χ2v) is 10.3. The molecular weight excluding hydrogens is 587 g/mol. The number of hydrogen-bond donors (Lipinski definition) is 2. The van der Waals surface area contributed by atoms with Crippen LogP contribution in [0.15, 0.2) is 102 Å². The Hall–Kier alpha value is -4.84. The Morgan fingerprint density at radius 3 is 2.40 bits per heavy atom. The van der Waals surface area contributed by atoms with Gasteiger partial charge in [-0.15, -0.1) is 0 Å². The predicted molar refractivity (Wildman–Crippen MR) is 166 cm³/mol. The second kappa shape index (κ2) is 15.4. The molecule has 0 aromatic heterocycles. The molecule has 0 aliphatic rings. The third kappa shape index (κ3) is 9.33. The van der Waals surface area contributed by atoms with Gasteiger partial charge in [-0.05, 0) is 66.6 Å². The van der Waals surface area contributed by atoms with Crippen LogP contribution in [0.5, 0.6) is 11.5 Å². The van der Waals surface area contributed by atoms with Crippen molar-refractivity contribution in [1.82, 2.24) is 10.7 Å². The number of nitriles is 1. The molecule has 0 aliphatic heterocycles. The third-order valence-corrected chi connectivity index (χ3v) is 6.81. The number of amides is 2. The minimum Gasteiger partial charge on any atom is -0.489 e. The normalized spacial score (nSPS) is 12.1. The van der Waals surface area contributed by atoms with Crippen LogP contribution < -0.4 is 20.2 Å². The zero-order chi connectivity index (χ0) is 30.6. The van der Waals surface area contributed by atoms with Gasteiger partial charge < -0.3 is 14.8 Å². The van der Waals surface area contributed by atoms with Crippen molar-refractivity contribution in [2.75, 3.05) is 0 Å². The van der Waals surface area contributed by atoms with Gasteiger partial charge in [-0.3, -0.25) is 9.59 Å². The van der Waals surface area contributed by atoms with Gasteiger partial charge in [0.05, 0.1) is 22.9 Å². The molecule has 0 fully saturated rings. The van der Waals surface area contributed by atoms with E-state index in [1.54, 1.807) is 55.5 Å². The minimum absolute atomic E-state index is 0.239. The van der Waals surface area contributed by atoms with Crippen molar-refractivity contribution in [3.05, 3.63) is 129 Å². The van der Waals surface area contributed by atoms with Crippen LogP contribution in [0, 0.1) is 11.3 Å². The quantitative estimate of drug-likeness (QED) is 0.148. The molecule has 0 radical (unpaired) electrons. The Balaban J connectivity index is 1.36. The maximum absolute atomic E-state index is 13.1. The Kier molecular flexibility index (Phi) is 11.1. The molecule has 4 aromatic rings. The van der Waals surface area contributed by atoms with Gasteiger partial charge in [-0.25, -0.2) is 5.43 Å². The summed E-state index contributed by atoms with van der Waals surface area (Å²) in [6.45, 7) is 1.82. The van der Waals surface area contributed by atoms with Gasteiger partial charge in [0.25, 0.3) is 11.8 Å². The van der Waals surface area contributed by atoms with E-state index < -0.39 is 24.0 Å². The number of carbonyl (C=O) groups excluding carboxylic acids is 2. The van der Waals surface area contributed by atoms with E-state index in [1.165, 1.54) is 12.3 Å². The van der Waals surface area contributed by atoms with E-state index in [9.17, 15) is 14.9 Å². The summed E-state index contributed by atoms with van der Waals surface area (Å²) in [6, 6.07) is 29.6. The van der Waals surface area contributed by atoms with Crippen LogP contribution in [-0.4, -0.2) is 30.2 Å². The molecule has 4 rings (SSSR count). The lowest BCUT2D eigenvalue weighted by Crippen LogP contribution is -2.50. The Labute approximate surface area is 259 Å². The molecule has 2 atom stereocenters. The van der Waals surface area contributed by atoms with Gasteiger partial charge in [0, 0.05) is 17.0 Å². The van der Waals surface area contributed by atoms with Crippen molar-refractivity contribution in [2.45, 2.75) is 32.1 Å². The summed E-state index contributed by atoms with van der Waals surface area (Å²) >= 11 is 12.1. The van der Waals surface area contributed by atoms with E-state index in [0.29, 0.717) is 22.1 Å². The lowest BCUT2D eigenvalue weighted by atomic mass is 10.1. The Morgan fingerprint density at radius 2 is 1.67 bits per heavy atom. The molecule has 8 nitrogen and oxygen atoms in total. The fourth-order valence-electron chi connectivity index (χ4n) is 3.98. The summed E-state index contributed by atoms with van der Waals surface area (Å²) in [5, 5.41) is 16.8. The molecule has 0 saturated heterocycles. The highest BCUT2D eigenvalue weighted by molar-refractivity contribution is 6.35. The summed E-state index contributed by atoms with van der Waals surface area (Å²) in [7, 11) is 0. The smallest absolute Gasteiger partial charge is 0.262 e. The standard InChI is InChI=1S/C33H28Cl2N4O4/c1-22(43-31-16-13-27(34)18-29(31)35)32(40)38-30(17-23-7-3-2-4-8-23)33(41)39-37-20-24-11-14-28(15-12-24)42-21-26-10-6-5-9-25(26)19-36/h2-16,18,20,22,30H,17,21H2,1H3,(H,38,40)(H,39,41)/b37-20-/t22-,30+/m1/s1. The van der Waals surface area contributed by atoms with Crippen LogP contribution >= 0.6 is 23.2 Å². The summed E-state index contributed by atoms with van der Waals surface area (Å²) < 4.78 is 11.5. The van der Waals surface area contributed by atoms with Gasteiger partial charge in [0.1, 0.15) is 24.1 Å².